The average molecular weight is 327 g/mol. The van der Waals surface area contributed by atoms with E-state index in [2.05, 4.69) is 66.1 Å². The number of hydrogen-bond acceptors (Lipinski definition) is 2. The van der Waals surface area contributed by atoms with Crippen LogP contribution < -0.4 is 5.73 Å². The molecule has 0 amide bonds. The van der Waals surface area contributed by atoms with Gasteiger partial charge in [-0.25, -0.2) is 4.98 Å². The van der Waals surface area contributed by atoms with E-state index in [1.807, 2.05) is 24.3 Å². The second kappa shape index (κ2) is 6.54. The minimum atomic E-state index is -0.254. The molecule has 0 saturated carbocycles. The predicted octanol–water partition coefficient (Wildman–Crippen LogP) is 4.44. The zero-order chi connectivity index (χ0) is 17.2. The number of fused-ring (bicyclic) bond motifs is 1. The van der Waals surface area contributed by atoms with E-state index in [9.17, 15) is 0 Å². The van der Waals surface area contributed by atoms with Crippen LogP contribution in [0, 0.1) is 6.92 Å². The molecule has 1 heterocycles. The van der Waals surface area contributed by atoms with Crippen molar-refractivity contribution >= 4 is 11.0 Å². The van der Waals surface area contributed by atoms with Crippen LogP contribution in [0.15, 0.2) is 78.9 Å². The fraction of sp³-hybridized carbons (Fsp3) is 0.136. The third kappa shape index (κ3) is 3.06. The number of rotatable bonds is 4. The maximum absolute atomic E-state index is 6.62. The standard InChI is InChI=1S/C22H21N3/c1-16-8-7-11-18(14-16)21(23)22-24-19-12-5-6-13-20(19)25(22)15-17-9-3-2-4-10-17/h2-14,21H,15,23H2,1H3. The molecule has 3 nitrogen and oxygen atoms in total. The van der Waals surface area contributed by atoms with E-state index < -0.39 is 0 Å². The largest absolute Gasteiger partial charge is 0.322 e. The zero-order valence-electron chi connectivity index (χ0n) is 14.3. The topological polar surface area (TPSA) is 43.8 Å². The molecule has 0 spiro atoms. The number of para-hydroxylation sites is 2. The molecule has 4 rings (SSSR count). The molecule has 0 aliphatic heterocycles. The first-order chi connectivity index (χ1) is 12.2. The maximum atomic E-state index is 6.62. The van der Waals surface area contributed by atoms with Crippen molar-refractivity contribution in [3.63, 3.8) is 0 Å². The van der Waals surface area contributed by atoms with Gasteiger partial charge < -0.3 is 10.3 Å². The second-order valence-electron chi connectivity index (χ2n) is 6.42. The first-order valence-electron chi connectivity index (χ1n) is 8.53. The Kier molecular flexibility index (Phi) is 4.08. The molecule has 4 aromatic rings. The summed E-state index contributed by atoms with van der Waals surface area (Å²) in [6, 6.07) is 26.7. The molecular formula is C22H21N3. The fourth-order valence-electron chi connectivity index (χ4n) is 3.28. The second-order valence-corrected chi connectivity index (χ2v) is 6.42. The zero-order valence-corrected chi connectivity index (χ0v) is 14.3. The number of benzene rings is 3. The molecule has 1 atom stereocenters. The highest BCUT2D eigenvalue weighted by Gasteiger charge is 2.18. The van der Waals surface area contributed by atoms with Crippen molar-refractivity contribution in [1.29, 1.82) is 0 Å². The Bertz CT molecular complexity index is 1000. The van der Waals surface area contributed by atoms with Crippen LogP contribution in [-0.4, -0.2) is 9.55 Å². The summed E-state index contributed by atoms with van der Waals surface area (Å²) in [4.78, 5) is 4.85. The summed E-state index contributed by atoms with van der Waals surface area (Å²) >= 11 is 0. The van der Waals surface area contributed by atoms with Crippen LogP contribution in [0.2, 0.25) is 0 Å². The SMILES string of the molecule is Cc1cccc(C(N)c2nc3ccccc3n2Cc2ccccc2)c1. The molecule has 0 saturated heterocycles. The summed E-state index contributed by atoms with van der Waals surface area (Å²) in [5, 5.41) is 0. The van der Waals surface area contributed by atoms with Gasteiger partial charge in [0.15, 0.2) is 0 Å². The van der Waals surface area contributed by atoms with Crippen molar-refractivity contribution < 1.29 is 0 Å². The van der Waals surface area contributed by atoms with Gasteiger partial charge in [0, 0.05) is 6.54 Å². The highest BCUT2D eigenvalue weighted by atomic mass is 15.1. The van der Waals surface area contributed by atoms with Gasteiger partial charge in [0.25, 0.3) is 0 Å². The quantitative estimate of drug-likeness (QED) is 0.602. The first-order valence-corrected chi connectivity index (χ1v) is 8.53. The lowest BCUT2D eigenvalue weighted by molar-refractivity contribution is 0.688. The molecule has 0 bridgehead atoms. The Labute approximate surface area is 147 Å². The number of hydrogen-bond donors (Lipinski definition) is 1. The molecule has 2 N–H and O–H groups in total. The molecule has 124 valence electrons. The maximum Gasteiger partial charge on any atom is 0.131 e. The van der Waals surface area contributed by atoms with Crippen LogP contribution in [-0.2, 0) is 6.54 Å². The third-order valence-corrected chi connectivity index (χ3v) is 4.55. The molecule has 3 aromatic carbocycles. The molecular weight excluding hydrogens is 306 g/mol. The van der Waals surface area contributed by atoms with Crippen LogP contribution in [0.3, 0.4) is 0 Å². The van der Waals surface area contributed by atoms with Gasteiger partial charge in [0.1, 0.15) is 5.82 Å². The van der Waals surface area contributed by atoms with Crippen LogP contribution >= 0.6 is 0 Å². The molecule has 25 heavy (non-hydrogen) atoms. The molecule has 0 fully saturated rings. The number of nitrogens with two attached hydrogens (primary N) is 1. The number of aromatic nitrogens is 2. The number of imidazole rings is 1. The van der Waals surface area contributed by atoms with Crippen LogP contribution in [0.4, 0.5) is 0 Å². The molecule has 0 radical (unpaired) electrons. The Morgan fingerprint density at radius 3 is 2.48 bits per heavy atom. The number of aryl methyl sites for hydroxylation is 1. The van der Waals surface area contributed by atoms with Crippen LogP contribution in [0.25, 0.3) is 11.0 Å². The van der Waals surface area contributed by atoms with Crippen molar-refractivity contribution in [2.24, 2.45) is 5.73 Å². The monoisotopic (exact) mass is 327 g/mol. The average Bonchev–Trinajstić information content (AvgIpc) is 3.01. The molecule has 0 aliphatic carbocycles. The first kappa shape index (κ1) is 15.6. The molecule has 1 unspecified atom stereocenters. The van der Waals surface area contributed by atoms with Crippen LogP contribution in [0.1, 0.15) is 28.6 Å². The van der Waals surface area contributed by atoms with Gasteiger partial charge in [-0.2, -0.15) is 0 Å². The van der Waals surface area contributed by atoms with Crippen LogP contribution in [0.5, 0.6) is 0 Å². The minimum Gasteiger partial charge on any atom is -0.322 e. The molecule has 3 heteroatoms. The van der Waals surface area contributed by atoms with E-state index in [1.165, 1.54) is 11.1 Å². The fourth-order valence-corrected chi connectivity index (χ4v) is 3.28. The van der Waals surface area contributed by atoms with Gasteiger partial charge >= 0.3 is 0 Å². The van der Waals surface area contributed by atoms with E-state index in [1.54, 1.807) is 0 Å². The lowest BCUT2D eigenvalue weighted by Crippen LogP contribution is -2.18. The Morgan fingerprint density at radius 1 is 0.920 bits per heavy atom. The smallest absolute Gasteiger partial charge is 0.131 e. The molecule has 1 aromatic heterocycles. The van der Waals surface area contributed by atoms with E-state index >= 15 is 0 Å². The van der Waals surface area contributed by atoms with Gasteiger partial charge in [-0.3, -0.25) is 0 Å². The Hall–Kier alpha value is -2.91. The summed E-state index contributed by atoms with van der Waals surface area (Å²) in [7, 11) is 0. The Balaban J connectivity index is 1.84. The predicted molar refractivity (Wildman–Crippen MR) is 102 cm³/mol. The molecule has 0 aliphatic rings. The normalized spacial score (nSPS) is 12.4. The summed E-state index contributed by atoms with van der Waals surface area (Å²) in [5.74, 6) is 0.899. The summed E-state index contributed by atoms with van der Waals surface area (Å²) in [5.41, 5.74) is 12.3. The van der Waals surface area contributed by atoms with Gasteiger partial charge in [-0.15, -0.1) is 0 Å². The summed E-state index contributed by atoms with van der Waals surface area (Å²) in [6.07, 6.45) is 0. The summed E-state index contributed by atoms with van der Waals surface area (Å²) < 4.78 is 2.23. The van der Waals surface area contributed by atoms with E-state index in [0.29, 0.717) is 0 Å². The van der Waals surface area contributed by atoms with Crippen molar-refractivity contribution in [1.82, 2.24) is 9.55 Å². The highest BCUT2D eigenvalue weighted by molar-refractivity contribution is 5.76. The van der Waals surface area contributed by atoms with E-state index in [4.69, 9.17) is 10.7 Å². The van der Waals surface area contributed by atoms with Crippen molar-refractivity contribution in [2.45, 2.75) is 19.5 Å². The lowest BCUT2D eigenvalue weighted by atomic mass is 10.0. The van der Waals surface area contributed by atoms with Crippen molar-refractivity contribution in [3.05, 3.63) is 101 Å². The highest BCUT2D eigenvalue weighted by Crippen LogP contribution is 2.25. The van der Waals surface area contributed by atoms with Gasteiger partial charge in [0.2, 0.25) is 0 Å². The minimum absolute atomic E-state index is 0.254. The lowest BCUT2D eigenvalue weighted by Gasteiger charge is -2.16. The third-order valence-electron chi connectivity index (χ3n) is 4.55. The number of nitrogens with zero attached hydrogens (tertiary/aromatic N) is 2. The van der Waals surface area contributed by atoms with Crippen molar-refractivity contribution in [2.75, 3.05) is 0 Å². The summed E-state index contributed by atoms with van der Waals surface area (Å²) in [6.45, 7) is 2.85. The Morgan fingerprint density at radius 2 is 1.68 bits per heavy atom. The van der Waals surface area contributed by atoms with E-state index in [0.717, 1.165) is 29.0 Å². The van der Waals surface area contributed by atoms with Gasteiger partial charge in [-0.1, -0.05) is 72.3 Å². The van der Waals surface area contributed by atoms with E-state index in [-0.39, 0.29) is 6.04 Å². The van der Waals surface area contributed by atoms with Gasteiger partial charge in [0.05, 0.1) is 17.1 Å². The van der Waals surface area contributed by atoms with Gasteiger partial charge in [-0.05, 0) is 30.2 Å². The van der Waals surface area contributed by atoms with Crippen molar-refractivity contribution in [3.8, 4) is 0 Å².